The summed E-state index contributed by atoms with van der Waals surface area (Å²) in [5.41, 5.74) is 2.16. The first kappa shape index (κ1) is 14.5. The van der Waals surface area contributed by atoms with Gasteiger partial charge in [0.05, 0.1) is 6.54 Å². The molecule has 3 heteroatoms. The zero-order valence-electron chi connectivity index (χ0n) is 11.3. The van der Waals surface area contributed by atoms with Gasteiger partial charge in [0, 0.05) is 17.6 Å². The van der Waals surface area contributed by atoms with Crippen molar-refractivity contribution in [2.45, 2.75) is 13.5 Å². The first-order valence-corrected chi connectivity index (χ1v) is 7.20. The first-order chi connectivity index (χ1) is 9.66. The third-order valence-electron chi connectivity index (χ3n) is 2.94. The van der Waals surface area contributed by atoms with Crippen LogP contribution in [0.15, 0.2) is 65.3 Å². The molecule has 2 rings (SSSR count). The van der Waals surface area contributed by atoms with Gasteiger partial charge in [-0.15, -0.1) is 0 Å². The van der Waals surface area contributed by atoms with Gasteiger partial charge in [-0.25, -0.2) is 0 Å². The fourth-order valence-electron chi connectivity index (χ4n) is 1.83. The van der Waals surface area contributed by atoms with Crippen molar-refractivity contribution in [3.8, 4) is 0 Å². The standard InChI is InChI=1S/C17H16BrNO/c1-14(20)19(13-15-7-3-2-4-8-15)12-11-16-9-5-6-10-17(16)18/h2-12H,13H2,1H3/b12-11+. The number of rotatable bonds is 4. The van der Waals surface area contributed by atoms with Crippen LogP contribution in [0.4, 0.5) is 0 Å². The molecule has 20 heavy (non-hydrogen) atoms. The van der Waals surface area contributed by atoms with Gasteiger partial charge in [0.2, 0.25) is 5.91 Å². The summed E-state index contributed by atoms with van der Waals surface area (Å²) in [6, 6.07) is 17.9. The van der Waals surface area contributed by atoms with E-state index >= 15 is 0 Å². The molecule has 0 N–H and O–H groups in total. The van der Waals surface area contributed by atoms with Gasteiger partial charge in [0.1, 0.15) is 0 Å². The largest absolute Gasteiger partial charge is 0.315 e. The van der Waals surface area contributed by atoms with Crippen LogP contribution in [0.3, 0.4) is 0 Å². The molecular weight excluding hydrogens is 314 g/mol. The van der Waals surface area contributed by atoms with E-state index in [9.17, 15) is 4.79 Å². The van der Waals surface area contributed by atoms with Crippen LogP contribution < -0.4 is 0 Å². The van der Waals surface area contributed by atoms with Crippen LogP contribution in [0.2, 0.25) is 0 Å². The molecule has 0 saturated heterocycles. The molecule has 2 aromatic carbocycles. The summed E-state index contributed by atoms with van der Waals surface area (Å²) < 4.78 is 1.01. The van der Waals surface area contributed by atoms with Crippen molar-refractivity contribution in [1.82, 2.24) is 4.90 Å². The summed E-state index contributed by atoms with van der Waals surface area (Å²) in [7, 11) is 0. The predicted molar refractivity (Wildman–Crippen MR) is 85.8 cm³/mol. The van der Waals surface area contributed by atoms with Gasteiger partial charge in [-0.05, 0) is 23.3 Å². The molecule has 0 unspecified atom stereocenters. The van der Waals surface area contributed by atoms with Gasteiger partial charge in [-0.1, -0.05) is 64.5 Å². The second-order valence-electron chi connectivity index (χ2n) is 4.47. The summed E-state index contributed by atoms with van der Waals surface area (Å²) in [5.74, 6) is 0.0251. The van der Waals surface area contributed by atoms with E-state index in [-0.39, 0.29) is 5.91 Å². The van der Waals surface area contributed by atoms with E-state index in [1.807, 2.05) is 66.9 Å². The van der Waals surface area contributed by atoms with Crippen molar-refractivity contribution >= 4 is 27.9 Å². The molecule has 1 amide bonds. The minimum Gasteiger partial charge on any atom is -0.315 e. The van der Waals surface area contributed by atoms with E-state index in [1.165, 1.54) is 0 Å². The van der Waals surface area contributed by atoms with Crippen LogP contribution in [-0.2, 0) is 11.3 Å². The Balaban J connectivity index is 2.14. The van der Waals surface area contributed by atoms with Gasteiger partial charge in [-0.2, -0.15) is 0 Å². The quantitative estimate of drug-likeness (QED) is 0.810. The Morgan fingerprint density at radius 2 is 1.75 bits per heavy atom. The van der Waals surface area contributed by atoms with E-state index in [0.717, 1.165) is 15.6 Å². The second kappa shape index (κ2) is 7.06. The van der Waals surface area contributed by atoms with Crippen molar-refractivity contribution in [2.24, 2.45) is 0 Å². The summed E-state index contributed by atoms with van der Waals surface area (Å²) in [6.45, 7) is 2.16. The third-order valence-corrected chi connectivity index (χ3v) is 3.66. The zero-order valence-corrected chi connectivity index (χ0v) is 12.9. The highest BCUT2D eigenvalue weighted by Gasteiger charge is 2.05. The van der Waals surface area contributed by atoms with Crippen LogP contribution in [0.25, 0.3) is 6.08 Å². The number of nitrogens with zero attached hydrogens (tertiary/aromatic N) is 1. The van der Waals surface area contributed by atoms with Gasteiger partial charge in [0.15, 0.2) is 0 Å². The number of carbonyl (C=O) groups excluding carboxylic acids is 1. The number of amides is 1. The molecule has 0 bridgehead atoms. The molecule has 0 aliphatic rings. The Bertz CT molecular complexity index is 607. The predicted octanol–water partition coefficient (Wildman–Crippen LogP) is 4.47. The Kier molecular flexibility index (Phi) is 5.13. The van der Waals surface area contributed by atoms with Crippen molar-refractivity contribution in [2.75, 3.05) is 0 Å². The highest BCUT2D eigenvalue weighted by molar-refractivity contribution is 9.10. The molecule has 0 spiro atoms. The van der Waals surface area contributed by atoms with Crippen LogP contribution in [0.1, 0.15) is 18.1 Å². The maximum absolute atomic E-state index is 11.7. The van der Waals surface area contributed by atoms with Crippen LogP contribution in [0, 0.1) is 0 Å². The van der Waals surface area contributed by atoms with Crippen LogP contribution in [-0.4, -0.2) is 10.8 Å². The second-order valence-corrected chi connectivity index (χ2v) is 5.32. The number of benzene rings is 2. The molecular formula is C17H16BrNO. The summed E-state index contributed by atoms with van der Waals surface area (Å²) in [4.78, 5) is 13.4. The zero-order chi connectivity index (χ0) is 14.4. The molecule has 0 saturated carbocycles. The number of carbonyl (C=O) groups is 1. The number of hydrogen-bond donors (Lipinski definition) is 0. The van der Waals surface area contributed by atoms with Crippen molar-refractivity contribution in [3.05, 3.63) is 76.4 Å². The average Bonchev–Trinajstić information content (AvgIpc) is 2.46. The normalized spacial score (nSPS) is 10.7. The summed E-state index contributed by atoms with van der Waals surface area (Å²) in [5, 5.41) is 0. The van der Waals surface area contributed by atoms with Gasteiger partial charge in [-0.3, -0.25) is 4.79 Å². The maximum atomic E-state index is 11.7. The minimum absolute atomic E-state index is 0.0251. The van der Waals surface area contributed by atoms with E-state index in [1.54, 1.807) is 11.8 Å². The lowest BCUT2D eigenvalue weighted by atomic mass is 10.2. The summed E-state index contributed by atoms with van der Waals surface area (Å²) >= 11 is 3.50. The summed E-state index contributed by atoms with van der Waals surface area (Å²) in [6.07, 6.45) is 3.77. The smallest absolute Gasteiger partial charge is 0.223 e. The molecule has 0 atom stereocenters. The molecule has 0 aliphatic heterocycles. The minimum atomic E-state index is 0.0251. The lowest BCUT2D eigenvalue weighted by molar-refractivity contribution is -0.126. The topological polar surface area (TPSA) is 20.3 Å². The Morgan fingerprint density at radius 1 is 1.10 bits per heavy atom. The Hall–Kier alpha value is -1.87. The van der Waals surface area contributed by atoms with Gasteiger partial charge >= 0.3 is 0 Å². The van der Waals surface area contributed by atoms with Crippen LogP contribution >= 0.6 is 15.9 Å². The first-order valence-electron chi connectivity index (χ1n) is 6.40. The molecule has 0 aromatic heterocycles. The highest BCUT2D eigenvalue weighted by atomic mass is 79.9. The number of halogens is 1. The van der Waals surface area contributed by atoms with Crippen molar-refractivity contribution in [1.29, 1.82) is 0 Å². The van der Waals surface area contributed by atoms with E-state index in [0.29, 0.717) is 6.54 Å². The van der Waals surface area contributed by atoms with Gasteiger partial charge < -0.3 is 4.90 Å². The number of hydrogen-bond acceptors (Lipinski definition) is 1. The molecule has 0 fully saturated rings. The molecule has 2 aromatic rings. The van der Waals surface area contributed by atoms with E-state index in [4.69, 9.17) is 0 Å². The fraction of sp³-hybridized carbons (Fsp3) is 0.118. The van der Waals surface area contributed by atoms with E-state index < -0.39 is 0 Å². The molecule has 2 nitrogen and oxygen atoms in total. The lowest BCUT2D eigenvalue weighted by Gasteiger charge is -2.16. The highest BCUT2D eigenvalue weighted by Crippen LogP contribution is 2.18. The third kappa shape index (κ3) is 4.07. The van der Waals surface area contributed by atoms with Crippen molar-refractivity contribution in [3.63, 3.8) is 0 Å². The average molecular weight is 330 g/mol. The van der Waals surface area contributed by atoms with Crippen LogP contribution in [0.5, 0.6) is 0 Å². The molecule has 0 aliphatic carbocycles. The van der Waals surface area contributed by atoms with Gasteiger partial charge in [0.25, 0.3) is 0 Å². The lowest BCUT2D eigenvalue weighted by Crippen LogP contribution is -2.22. The SMILES string of the molecule is CC(=O)N(/C=C/c1ccccc1Br)Cc1ccccc1. The van der Waals surface area contributed by atoms with Crippen molar-refractivity contribution < 1.29 is 4.79 Å². The monoisotopic (exact) mass is 329 g/mol. The molecule has 0 radical (unpaired) electrons. The Labute approximate surface area is 127 Å². The molecule has 102 valence electrons. The fourth-order valence-corrected chi connectivity index (χ4v) is 2.25. The maximum Gasteiger partial charge on any atom is 0.223 e. The Morgan fingerprint density at radius 3 is 2.40 bits per heavy atom. The van der Waals surface area contributed by atoms with E-state index in [2.05, 4.69) is 15.9 Å². The molecule has 0 heterocycles.